The predicted molar refractivity (Wildman–Crippen MR) is 151 cm³/mol. The van der Waals surface area contributed by atoms with E-state index in [0.717, 1.165) is 11.6 Å². The largest absolute Gasteiger partial charge is 0.495 e. The van der Waals surface area contributed by atoms with Crippen LogP contribution in [0.3, 0.4) is 0 Å². The summed E-state index contributed by atoms with van der Waals surface area (Å²) in [5.41, 5.74) is 2.60. The molecular weight excluding hydrogens is 523 g/mol. The molecular formula is C27H31FN6O4S. The number of nitrogens with zero attached hydrogens (tertiary/aromatic N) is 3. The number of alkyl halides is 1. The number of methoxy groups -OCH3 is 1. The van der Waals surface area contributed by atoms with Crippen LogP contribution in [0, 0.1) is 12.0 Å². The first-order valence-electron chi connectivity index (χ1n) is 12.3. The summed E-state index contributed by atoms with van der Waals surface area (Å²) >= 11 is 0. The number of anilines is 2. The zero-order valence-corrected chi connectivity index (χ0v) is 22.8. The van der Waals surface area contributed by atoms with Gasteiger partial charge in [0.15, 0.2) is 9.84 Å². The first kappa shape index (κ1) is 27.8. The Bertz CT molecular complexity index is 1560. The lowest BCUT2D eigenvalue weighted by Crippen LogP contribution is -2.52. The number of ether oxygens (including phenoxy) is 1. The zero-order valence-electron chi connectivity index (χ0n) is 22.0. The van der Waals surface area contributed by atoms with Crippen LogP contribution in [-0.2, 0) is 9.84 Å². The lowest BCUT2D eigenvalue weighted by molar-refractivity contribution is 0.136. The van der Waals surface area contributed by atoms with Crippen LogP contribution in [0.2, 0.25) is 0 Å². The SMILES string of the molecule is C=Cc1c2cccc(N[C@@H]3CCN(C(=O)NC)C[C@@H]3F)c2nn1C#CCNc1ccc(S(C)(=O)=O)cc1OC. The van der Waals surface area contributed by atoms with E-state index in [9.17, 15) is 17.6 Å². The number of benzene rings is 2. The van der Waals surface area contributed by atoms with Crippen molar-refractivity contribution in [1.82, 2.24) is 20.0 Å². The fraction of sp³-hybridized carbons (Fsp3) is 0.333. The third kappa shape index (κ3) is 6.09. The maximum atomic E-state index is 14.9. The van der Waals surface area contributed by atoms with Crippen LogP contribution in [0.4, 0.5) is 20.6 Å². The molecule has 0 aliphatic carbocycles. The van der Waals surface area contributed by atoms with Gasteiger partial charge in [0.1, 0.15) is 17.4 Å². The van der Waals surface area contributed by atoms with Gasteiger partial charge in [-0.15, -0.1) is 0 Å². The second-order valence-corrected chi connectivity index (χ2v) is 11.1. The Morgan fingerprint density at radius 1 is 1.31 bits per heavy atom. The number of hydrogen-bond donors (Lipinski definition) is 3. The number of hydrogen-bond acceptors (Lipinski definition) is 7. The highest BCUT2D eigenvalue weighted by molar-refractivity contribution is 7.90. The van der Waals surface area contributed by atoms with E-state index in [0.29, 0.717) is 41.3 Å². The molecule has 1 aromatic heterocycles. The van der Waals surface area contributed by atoms with E-state index in [2.05, 4.69) is 39.6 Å². The summed E-state index contributed by atoms with van der Waals surface area (Å²) in [6.45, 7) is 4.59. The van der Waals surface area contributed by atoms with Gasteiger partial charge in [0.25, 0.3) is 0 Å². The Hall–Kier alpha value is -4.24. The standard InChI is InChI=1S/C27H31FN6O4S/c1-5-24-19-8-6-9-23(31-21-12-15-33(17-20(21)28)27(35)29-2)26(19)32-34(24)14-7-13-30-22-11-10-18(39(4,36)37)16-25(22)38-3/h5-6,8-11,16,20-21,30-31H,1,12-13,15,17H2,2-4H3,(H,29,35)/t20-,21+/m0/s1. The van der Waals surface area contributed by atoms with Crippen molar-refractivity contribution in [3.8, 4) is 17.7 Å². The van der Waals surface area contributed by atoms with Crippen molar-refractivity contribution in [1.29, 1.82) is 0 Å². The van der Waals surface area contributed by atoms with Gasteiger partial charge in [-0.3, -0.25) is 0 Å². The van der Waals surface area contributed by atoms with E-state index >= 15 is 0 Å². The highest BCUT2D eigenvalue weighted by atomic mass is 32.2. The van der Waals surface area contributed by atoms with Crippen LogP contribution in [0.15, 0.2) is 47.9 Å². The number of nitrogens with one attached hydrogen (secondary N) is 3. The Labute approximate surface area is 227 Å². The molecule has 10 nitrogen and oxygen atoms in total. The van der Waals surface area contributed by atoms with Crippen LogP contribution >= 0.6 is 0 Å². The zero-order chi connectivity index (χ0) is 28.2. The Morgan fingerprint density at radius 3 is 2.77 bits per heavy atom. The Balaban J connectivity index is 1.51. The van der Waals surface area contributed by atoms with Crippen LogP contribution in [0.1, 0.15) is 12.1 Å². The smallest absolute Gasteiger partial charge is 0.317 e. The molecule has 3 aromatic rings. The highest BCUT2D eigenvalue weighted by Crippen LogP contribution is 2.29. The lowest BCUT2D eigenvalue weighted by atomic mass is 10.0. The number of likely N-dealkylation sites (tertiary alicyclic amines) is 1. The second kappa shape index (κ2) is 11.7. The average Bonchev–Trinajstić information content (AvgIpc) is 3.29. The summed E-state index contributed by atoms with van der Waals surface area (Å²) in [4.78, 5) is 13.5. The van der Waals surface area contributed by atoms with Gasteiger partial charge in [0.05, 0.1) is 48.2 Å². The van der Waals surface area contributed by atoms with Crippen molar-refractivity contribution < 1.29 is 22.3 Å². The molecule has 2 aromatic carbocycles. The van der Waals surface area contributed by atoms with Gasteiger partial charge in [-0.05, 0) is 30.7 Å². The van der Waals surface area contributed by atoms with Crippen molar-refractivity contribution in [2.45, 2.75) is 23.5 Å². The first-order chi connectivity index (χ1) is 18.7. The maximum Gasteiger partial charge on any atom is 0.317 e. The molecule has 4 rings (SSSR count). The minimum Gasteiger partial charge on any atom is -0.495 e. The number of piperidine rings is 1. The van der Waals surface area contributed by atoms with E-state index in [1.54, 1.807) is 12.1 Å². The molecule has 3 N–H and O–H groups in total. The minimum atomic E-state index is -3.36. The van der Waals surface area contributed by atoms with Gasteiger partial charge in [-0.1, -0.05) is 24.6 Å². The van der Waals surface area contributed by atoms with Crippen molar-refractivity contribution in [2.24, 2.45) is 0 Å². The number of aromatic nitrogens is 2. The van der Waals surface area contributed by atoms with Crippen molar-refractivity contribution in [3.63, 3.8) is 0 Å². The molecule has 1 fully saturated rings. The molecule has 0 bridgehead atoms. The third-order valence-corrected chi connectivity index (χ3v) is 7.58. The quantitative estimate of drug-likeness (QED) is 0.384. The molecule has 12 heteroatoms. The van der Waals surface area contributed by atoms with Gasteiger partial charge in [0.2, 0.25) is 0 Å². The average molecular weight is 555 g/mol. The van der Waals surface area contributed by atoms with Crippen molar-refractivity contribution in [3.05, 3.63) is 48.7 Å². The minimum absolute atomic E-state index is 0.0138. The van der Waals surface area contributed by atoms with Gasteiger partial charge < -0.3 is 25.6 Å². The predicted octanol–water partition coefficient (Wildman–Crippen LogP) is 3.18. The number of halogens is 1. The molecule has 0 unspecified atom stereocenters. The lowest BCUT2D eigenvalue weighted by Gasteiger charge is -2.35. The monoisotopic (exact) mass is 554 g/mol. The van der Waals surface area contributed by atoms with Crippen LogP contribution < -0.4 is 20.7 Å². The summed E-state index contributed by atoms with van der Waals surface area (Å²) in [7, 11) is -0.364. The number of fused-ring (bicyclic) bond motifs is 1. The first-order valence-corrected chi connectivity index (χ1v) is 14.2. The van der Waals surface area contributed by atoms with Gasteiger partial charge in [0, 0.05) is 37.3 Å². The summed E-state index contributed by atoms with van der Waals surface area (Å²) < 4.78 is 45.4. The number of urea groups is 1. The molecule has 39 heavy (non-hydrogen) atoms. The number of rotatable bonds is 7. The van der Waals surface area contributed by atoms with E-state index in [1.807, 2.05) is 18.2 Å². The molecule has 0 radical (unpaired) electrons. The highest BCUT2D eigenvalue weighted by Gasteiger charge is 2.31. The molecule has 1 aliphatic heterocycles. The maximum absolute atomic E-state index is 14.9. The summed E-state index contributed by atoms with van der Waals surface area (Å²) in [6, 6.07) is 12.4. The summed E-state index contributed by atoms with van der Waals surface area (Å²) in [5, 5.41) is 14.4. The normalized spacial score (nSPS) is 17.2. The summed E-state index contributed by atoms with van der Waals surface area (Å²) in [5.74, 6) is 3.39. The van der Waals surface area contributed by atoms with Gasteiger partial charge in [-0.25, -0.2) is 17.6 Å². The molecule has 2 heterocycles. The van der Waals surface area contributed by atoms with Crippen molar-refractivity contribution >= 4 is 44.2 Å². The topological polar surface area (TPSA) is 118 Å². The van der Waals surface area contributed by atoms with E-state index in [1.165, 1.54) is 35.9 Å². The number of sulfone groups is 1. The molecule has 1 saturated heterocycles. The van der Waals surface area contributed by atoms with Crippen LogP contribution in [0.25, 0.3) is 17.0 Å². The fourth-order valence-corrected chi connectivity index (χ4v) is 5.07. The fourth-order valence-electron chi connectivity index (χ4n) is 4.44. The Kier molecular flexibility index (Phi) is 8.30. The molecule has 0 saturated carbocycles. The molecule has 2 atom stereocenters. The van der Waals surface area contributed by atoms with Gasteiger partial charge in [-0.2, -0.15) is 9.78 Å². The van der Waals surface area contributed by atoms with Gasteiger partial charge >= 0.3 is 6.03 Å². The number of amides is 2. The number of carbonyl (C=O) groups excluding carboxylic acids is 1. The van der Waals surface area contributed by atoms with E-state index in [4.69, 9.17) is 4.74 Å². The molecule has 0 spiro atoms. The number of carbonyl (C=O) groups is 1. The van der Waals surface area contributed by atoms with Crippen molar-refractivity contribution in [2.75, 3.05) is 50.7 Å². The molecule has 2 amide bonds. The van der Waals surface area contributed by atoms with Crippen LogP contribution in [0.5, 0.6) is 5.75 Å². The molecule has 1 aliphatic rings. The van der Waals surface area contributed by atoms with E-state index in [-0.39, 0.29) is 24.0 Å². The van der Waals surface area contributed by atoms with E-state index < -0.39 is 22.1 Å². The third-order valence-electron chi connectivity index (χ3n) is 6.47. The molecule has 206 valence electrons. The second-order valence-electron chi connectivity index (χ2n) is 9.04. The summed E-state index contributed by atoms with van der Waals surface area (Å²) in [6.07, 6.45) is 2.02. The Morgan fingerprint density at radius 2 is 2.10 bits per heavy atom. The van der Waals surface area contributed by atoms with Crippen LogP contribution in [-0.4, -0.2) is 81.4 Å².